The van der Waals surface area contributed by atoms with Crippen molar-refractivity contribution in [3.05, 3.63) is 0 Å². The lowest BCUT2D eigenvalue weighted by Crippen LogP contribution is -2.51. The molecule has 0 bridgehead atoms. The Morgan fingerprint density at radius 1 is 1.29 bits per heavy atom. The van der Waals surface area contributed by atoms with Gasteiger partial charge >= 0.3 is 0 Å². The molecule has 2 rings (SSSR count). The molecule has 5 nitrogen and oxygen atoms in total. The number of guanidine groups is 1. The third kappa shape index (κ3) is 5.47. The molecule has 21 heavy (non-hydrogen) atoms. The molecule has 0 aliphatic carbocycles. The first kappa shape index (κ1) is 16.6. The third-order valence-corrected chi connectivity index (χ3v) is 4.51. The Hall–Kier alpha value is -0.810. The minimum Gasteiger partial charge on any atom is -0.373 e. The summed E-state index contributed by atoms with van der Waals surface area (Å²) >= 11 is 0. The van der Waals surface area contributed by atoms with Crippen molar-refractivity contribution >= 4 is 5.96 Å². The van der Waals surface area contributed by atoms with E-state index >= 15 is 0 Å². The van der Waals surface area contributed by atoms with Gasteiger partial charge in [-0.1, -0.05) is 26.2 Å². The number of morpholine rings is 1. The molecule has 0 aromatic heterocycles. The highest BCUT2D eigenvalue weighted by Gasteiger charge is 2.31. The summed E-state index contributed by atoms with van der Waals surface area (Å²) in [6.07, 6.45) is 8.03. The molecule has 2 atom stereocenters. The molecule has 0 amide bonds. The summed E-state index contributed by atoms with van der Waals surface area (Å²) < 4.78 is 5.96. The maximum absolute atomic E-state index is 5.96. The molecule has 2 saturated heterocycles. The van der Waals surface area contributed by atoms with Crippen LogP contribution in [-0.2, 0) is 4.74 Å². The molecule has 2 N–H and O–H groups in total. The van der Waals surface area contributed by atoms with Gasteiger partial charge in [0, 0.05) is 32.7 Å². The number of hydrogen-bond acceptors (Lipinski definition) is 3. The van der Waals surface area contributed by atoms with Gasteiger partial charge < -0.3 is 15.4 Å². The lowest BCUT2D eigenvalue weighted by atomic mass is 10.2. The number of hydrogen-bond donors (Lipinski definition) is 2. The second-order valence-corrected chi connectivity index (χ2v) is 6.19. The van der Waals surface area contributed by atoms with Crippen LogP contribution < -0.4 is 10.6 Å². The summed E-state index contributed by atoms with van der Waals surface area (Å²) in [4.78, 5) is 6.86. The van der Waals surface area contributed by atoms with Gasteiger partial charge in [-0.15, -0.1) is 0 Å². The van der Waals surface area contributed by atoms with E-state index in [1.54, 1.807) is 0 Å². The second-order valence-electron chi connectivity index (χ2n) is 6.19. The van der Waals surface area contributed by atoms with Crippen molar-refractivity contribution in [1.82, 2.24) is 15.5 Å². The number of aliphatic imine (C=N–C) groups is 1. The standard InChI is InChI=1S/C16H32N4O/c1-3-4-5-6-9-18-16(17-2)19-11-15-12-20-10-7-8-14(20)13-21-15/h14-15H,3-13H2,1-2H3,(H2,17,18,19). The SMILES string of the molecule is CCCCCCNC(=NC)NCC1CN2CCCC2CO1. The topological polar surface area (TPSA) is 48.9 Å². The minimum atomic E-state index is 0.290. The highest BCUT2D eigenvalue weighted by molar-refractivity contribution is 5.79. The summed E-state index contributed by atoms with van der Waals surface area (Å²) in [7, 11) is 1.83. The minimum absolute atomic E-state index is 0.290. The Kier molecular flexibility index (Phi) is 7.30. The molecule has 2 heterocycles. The van der Waals surface area contributed by atoms with Crippen molar-refractivity contribution in [1.29, 1.82) is 0 Å². The lowest BCUT2D eigenvalue weighted by Gasteiger charge is -2.35. The van der Waals surface area contributed by atoms with E-state index < -0.39 is 0 Å². The maximum atomic E-state index is 5.96. The highest BCUT2D eigenvalue weighted by Crippen LogP contribution is 2.22. The van der Waals surface area contributed by atoms with Crippen molar-refractivity contribution in [3.63, 3.8) is 0 Å². The predicted molar refractivity (Wildman–Crippen MR) is 87.8 cm³/mol. The Bertz CT molecular complexity index is 321. The lowest BCUT2D eigenvalue weighted by molar-refractivity contribution is -0.0453. The quantitative estimate of drug-likeness (QED) is 0.426. The molecule has 2 aliphatic rings. The van der Waals surface area contributed by atoms with Gasteiger partial charge in [0.15, 0.2) is 5.96 Å². The maximum Gasteiger partial charge on any atom is 0.191 e. The summed E-state index contributed by atoms with van der Waals surface area (Å²) in [5.74, 6) is 0.902. The van der Waals surface area contributed by atoms with Gasteiger partial charge in [0.2, 0.25) is 0 Å². The van der Waals surface area contributed by atoms with Crippen LogP contribution in [-0.4, -0.2) is 62.8 Å². The van der Waals surface area contributed by atoms with Crippen LogP contribution in [0.3, 0.4) is 0 Å². The molecule has 0 saturated carbocycles. The molecule has 2 fully saturated rings. The van der Waals surface area contributed by atoms with E-state index in [2.05, 4.69) is 27.4 Å². The number of rotatable bonds is 7. The van der Waals surface area contributed by atoms with Gasteiger partial charge in [-0.3, -0.25) is 9.89 Å². The van der Waals surface area contributed by atoms with E-state index in [0.29, 0.717) is 6.04 Å². The molecule has 0 radical (unpaired) electrons. The number of nitrogens with one attached hydrogen (secondary N) is 2. The summed E-state index contributed by atoms with van der Waals surface area (Å²) in [6, 6.07) is 0.678. The first-order valence-corrected chi connectivity index (χ1v) is 8.63. The van der Waals surface area contributed by atoms with Crippen LogP contribution in [0.15, 0.2) is 4.99 Å². The van der Waals surface area contributed by atoms with Crippen LogP contribution in [0.25, 0.3) is 0 Å². The molecule has 0 aromatic rings. The predicted octanol–water partition coefficient (Wildman–Crippen LogP) is 1.59. The largest absolute Gasteiger partial charge is 0.373 e. The first-order chi connectivity index (χ1) is 10.3. The van der Waals surface area contributed by atoms with E-state index in [9.17, 15) is 0 Å². The Labute approximate surface area is 129 Å². The fourth-order valence-corrected chi connectivity index (χ4v) is 3.20. The van der Waals surface area contributed by atoms with Crippen LogP contribution >= 0.6 is 0 Å². The average Bonchev–Trinajstić information content (AvgIpc) is 2.97. The Morgan fingerprint density at radius 2 is 2.19 bits per heavy atom. The molecule has 2 unspecified atom stereocenters. The molecule has 0 aromatic carbocycles. The van der Waals surface area contributed by atoms with Crippen LogP contribution in [0.5, 0.6) is 0 Å². The Morgan fingerprint density at radius 3 is 3.00 bits per heavy atom. The number of nitrogens with zero attached hydrogens (tertiary/aromatic N) is 2. The van der Waals surface area contributed by atoms with E-state index in [-0.39, 0.29) is 6.10 Å². The van der Waals surface area contributed by atoms with E-state index in [4.69, 9.17) is 4.74 Å². The number of unbranched alkanes of at least 4 members (excludes halogenated alkanes) is 3. The smallest absolute Gasteiger partial charge is 0.191 e. The van der Waals surface area contributed by atoms with Crippen LogP contribution in [0.2, 0.25) is 0 Å². The third-order valence-electron chi connectivity index (χ3n) is 4.51. The monoisotopic (exact) mass is 296 g/mol. The summed E-state index contributed by atoms with van der Waals surface area (Å²) in [5.41, 5.74) is 0. The fraction of sp³-hybridized carbons (Fsp3) is 0.938. The van der Waals surface area contributed by atoms with Gasteiger partial charge in [0.25, 0.3) is 0 Å². The van der Waals surface area contributed by atoms with Crippen molar-refractivity contribution < 1.29 is 4.74 Å². The average molecular weight is 296 g/mol. The summed E-state index contributed by atoms with van der Waals surface area (Å²) in [6.45, 7) is 7.29. The first-order valence-electron chi connectivity index (χ1n) is 8.63. The zero-order valence-corrected chi connectivity index (χ0v) is 13.7. The zero-order valence-electron chi connectivity index (χ0n) is 13.7. The molecule has 5 heteroatoms. The summed E-state index contributed by atoms with van der Waals surface area (Å²) in [5, 5.41) is 6.78. The van der Waals surface area contributed by atoms with Crippen LogP contribution in [0.1, 0.15) is 45.4 Å². The van der Waals surface area contributed by atoms with Gasteiger partial charge in [-0.05, 0) is 25.8 Å². The van der Waals surface area contributed by atoms with E-state index in [1.165, 1.54) is 45.1 Å². The highest BCUT2D eigenvalue weighted by atomic mass is 16.5. The van der Waals surface area contributed by atoms with Crippen LogP contribution in [0.4, 0.5) is 0 Å². The Balaban J connectivity index is 1.59. The van der Waals surface area contributed by atoms with E-state index in [0.717, 1.165) is 32.2 Å². The van der Waals surface area contributed by atoms with Crippen molar-refractivity contribution in [2.75, 3.05) is 39.8 Å². The van der Waals surface area contributed by atoms with Gasteiger partial charge in [0.05, 0.1) is 12.7 Å². The fourth-order valence-electron chi connectivity index (χ4n) is 3.20. The molecule has 0 spiro atoms. The zero-order chi connectivity index (χ0) is 14.9. The van der Waals surface area contributed by atoms with Crippen molar-refractivity contribution in [3.8, 4) is 0 Å². The molecular weight excluding hydrogens is 264 g/mol. The van der Waals surface area contributed by atoms with E-state index in [1.807, 2.05) is 7.05 Å². The van der Waals surface area contributed by atoms with Gasteiger partial charge in [-0.2, -0.15) is 0 Å². The van der Waals surface area contributed by atoms with Gasteiger partial charge in [0.1, 0.15) is 0 Å². The van der Waals surface area contributed by atoms with Crippen LogP contribution in [0, 0.1) is 0 Å². The molecule has 122 valence electrons. The van der Waals surface area contributed by atoms with Crippen molar-refractivity contribution in [2.45, 2.75) is 57.6 Å². The second kappa shape index (κ2) is 9.26. The number of fused-ring (bicyclic) bond motifs is 1. The molecular formula is C16H32N4O. The van der Waals surface area contributed by atoms with Gasteiger partial charge in [-0.25, -0.2) is 0 Å². The van der Waals surface area contributed by atoms with Crippen molar-refractivity contribution in [2.24, 2.45) is 4.99 Å². The number of ether oxygens (including phenoxy) is 1. The normalized spacial score (nSPS) is 26.7. The molecule has 2 aliphatic heterocycles.